The second kappa shape index (κ2) is 6.36. The molecule has 0 bridgehead atoms. The minimum absolute atomic E-state index is 0.186. The lowest BCUT2D eigenvalue weighted by atomic mass is 9.80. The number of furan rings is 1. The van der Waals surface area contributed by atoms with Gasteiger partial charge in [-0.3, -0.25) is 9.69 Å². The molecular formula is C18H24F2N2O3. The van der Waals surface area contributed by atoms with Crippen LogP contribution in [0.15, 0.2) is 16.5 Å². The highest BCUT2D eigenvalue weighted by molar-refractivity contribution is 5.79. The molecule has 0 aromatic carbocycles. The second-order valence-corrected chi connectivity index (χ2v) is 7.71. The van der Waals surface area contributed by atoms with E-state index in [1.807, 2.05) is 19.1 Å². The molecule has 2 saturated heterocycles. The minimum atomic E-state index is -2.65. The topological polar surface area (TPSA) is 54.7 Å². The summed E-state index contributed by atoms with van der Waals surface area (Å²) in [6.07, 6.45) is -0.448. The number of nitrogens with zero attached hydrogens (tertiary/aromatic N) is 1. The monoisotopic (exact) mass is 354 g/mol. The molecule has 1 amide bonds. The predicted octanol–water partition coefficient (Wildman–Crippen LogP) is 2.20. The largest absolute Gasteiger partial charge is 0.465 e. The van der Waals surface area contributed by atoms with Crippen LogP contribution >= 0.6 is 0 Å². The van der Waals surface area contributed by atoms with Crippen molar-refractivity contribution in [3.05, 3.63) is 23.7 Å². The number of nitrogens with one attached hydrogen (secondary N) is 1. The molecule has 1 aromatic heterocycles. The molecule has 1 aliphatic carbocycles. The van der Waals surface area contributed by atoms with Gasteiger partial charge in [0, 0.05) is 50.2 Å². The van der Waals surface area contributed by atoms with Crippen molar-refractivity contribution in [2.75, 3.05) is 26.2 Å². The van der Waals surface area contributed by atoms with Crippen LogP contribution in [0.1, 0.15) is 24.4 Å². The van der Waals surface area contributed by atoms with Crippen molar-refractivity contribution in [3.8, 4) is 0 Å². The number of hydrogen-bond donors (Lipinski definition) is 1. The maximum atomic E-state index is 12.9. The van der Waals surface area contributed by atoms with Gasteiger partial charge in [0.15, 0.2) is 0 Å². The third-order valence-electron chi connectivity index (χ3n) is 5.69. The van der Waals surface area contributed by atoms with E-state index in [-0.39, 0.29) is 30.8 Å². The van der Waals surface area contributed by atoms with E-state index in [4.69, 9.17) is 9.15 Å². The van der Waals surface area contributed by atoms with Gasteiger partial charge >= 0.3 is 0 Å². The molecule has 1 aromatic rings. The molecule has 25 heavy (non-hydrogen) atoms. The summed E-state index contributed by atoms with van der Waals surface area (Å²) < 4.78 is 37.3. The molecule has 7 heteroatoms. The summed E-state index contributed by atoms with van der Waals surface area (Å²) in [5, 5.41) is 2.86. The van der Waals surface area contributed by atoms with Gasteiger partial charge in [-0.1, -0.05) is 0 Å². The van der Waals surface area contributed by atoms with E-state index in [0.717, 1.165) is 31.2 Å². The smallest absolute Gasteiger partial charge is 0.249 e. The maximum Gasteiger partial charge on any atom is 0.249 e. The lowest BCUT2D eigenvalue weighted by Gasteiger charge is -2.34. The molecule has 5 nitrogen and oxygen atoms in total. The van der Waals surface area contributed by atoms with E-state index >= 15 is 0 Å². The Morgan fingerprint density at radius 1 is 1.36 bits per heavy atom. The normalized spacial score (nSPS) is 31.7. The maximum absolute atomic E-state index is 12.9. The van der Waals surface area contributed by atoms with Gasteiger partial charge in [-0.05, 0) is 19.1 Å². The molecule has 0 unspecified atom stereocenters. The zero-order chi connectivity index (χ0) is 17.6. The van der Waals surface area contributed by atoms with E-state index in [9.17, 15) is 13.6 Å². The summed E-state index contributed by atoms with van der Waals surface area (Å²) in [5.41, 5.74) is 0. The van der Waals surface area contributed by atoms with Crippen LogP contribution in [-0.2, 0) is 16.1 Å². The third-order valence-corrected chi connectivity index (χ3v) is 5.69. The van der Waals surface area contributed by atoms with Crippen LogP contribution in [-0.4, -0.2) is 49.1 Å². The average molecular weight is 354 g/mol. The highest BCUT2D eigenvalue weighted by atomic mass is 19.3. The fraction of sp³-hybridized carbons (Fsp3) is 0.722. The van der Waals surface area contributed by atoms with E-state index < -0.39 is 11.8 Å². The summed E-state index contributed by atoms with van der Waals surface area (Å²) in [6, 6.07) is 3.96. The van der Waals surface area contributed by atoms with Crippen LogP contribution in [0.3, 0.4) is 0 Å². The summed E-state index contributed by atoms with van der Waals surface area (Å²) in [7, 11) is 0. The first kappa shape index (κ1) is 17.0. The fourth-order valence-corrected chi connectivity index (χ4v) is 4.23. The lowest BCUT2D eigenvalue weighted by molar-refractivity contribution is -0.150. The SMILES string of the molecule is Cc1ccc(CN2C[C@@H]3[C@@H](CNC(=O)C4CC(F)(F)C4)CO[C@@H]3C2)o1. The molecule has 0 radical (unpaired) electrons. The molecule has 2 aliphatic heterocycles. The molecule has 0 spiro atoms. The van der Waals surface area contributed by atoms with E-state index in [0.29, 0.717) is 19.1 Å². The van der Waals surface area contributed by atoms with Gasteiger partial charge in [-0.25, -0.2) is 8.78 Å². The average Bonchev–Trinajstić information content (AvgIpc) is 3.19. The van der Waals surface area contributed by atoms with Gasteiger partial charge < -0.3 is 14.5 Å². The Morgan fingerprint density at radius 2 is 2.16 bits per heavy atom. The number of carbonyl (C=O) groups excluding carboxylic acids is 1. The minimum Gasteiger partial charge on any atom is -0.465 e. The van der Waals surface area contributed by atoms with Crippen molar-refractivity contribution < 1.29 is 22.7 Å². The van der Waals surface area contributed by atoms with Crippen LogP contribution in [0, 0.1) is 24.7 Å². The number of likely N-dealkylation sites (tertiary alicyclic amines) is 1. The number of amides is 1. The van der Waals surface area contributed by atoms with Crippen molar-refractivity contribution in [2.24, 2.45) is 17.8 Å². The Bertz CT molecular complexity index is 640. The number of halogens is 2. The van der Waals surface area contributed by atoms with E-state index in [1.165, 1.54) is 0 Å². The molecular weight excluding hydrogens is 330 g/mol. The van der Waals surface area contributed by atoms with Gasteiger partial charge in [-0.2, -0.15) is 0 Å². The summed E-state index contributed by atoms with van der Waals surface area (Å²) in [4.78, 5) is 14.3. The molecule has 138 valence electrons. The Labute approximate surface area is 145 Å². The number of rotatable bonds is 5. The first-order chi connectivity index (χ1) is 11.9. The molecule has 4 rings (SSSR count). The quantitative estimate of drug-likeness (QED) is 0.881. The van der Waals surface area contributed by atoms with Crippen LogP contribution in [0.4, 0.5) is 8.78 Å². The molecule has 3 atom stereocenters. The number of alkyl halides is 2. The zero-order valence-electron chi connectivity index (χ0n) is 14.3. The van der Waals surface area contributed by atoms with Gasteiger partial charge in [0.2, 0.25) is 11.8 Å². The van der Waals surface area contributed by atoms with E-state index in [2.05, 4.69) is 10.2 Å². The first-order valence-corrected chi connectivity index (χ1v) is 8.94. The summed E-state index contributed by atoms with van der Waals surface area (Å²) in [5.74, 6) is -0.941. The van der Waals surface area contributed by atoms with Crippen LogP contribution < -0.4 is 5.32 Å². The van der Waals surface area contributed by atoms with Gasteiger partial charge in [0.25, 0.3) is 0 Å². The van der Waals surface area contributed by atoms with Crippen molar-refractivity contribution >= 4 is 5.91 Å². The van der Waals surface area contributed by atoms with Crippen molar-refractivity contribution in [2.45, 2.75) is 38.3 Å². The highest BCUT2D eigenvalue weighted by Crippen LogP contribution is 2.42. The Balaban J connectivity index is 1.25. The highest BCUT2D eigenvalue weighted by Gasteiger charge is 2.49. The predicted molar refractivity (Wildman–Crippen MR) is 86.1 cm³/mol. The Kier molecular flexibility index (Phi) is 4.32. The first-order valence-electron chi connectivity index (χ1n) is 8.94. The molecule has 3 fully saturated rings. The van der Waals surface area contributed by atoms with Crippen LogP contribution in [0.25, 0.3) is 0 Å². The van der Waals surface area contributed by atoms with Crippen LogP contribution in [0.2, 0.25) is 0 Å². The lowest BCUT2D eigenvalue weighted by Crippen LogP contribution is -2.46. The van der Waals surface area contributed by atoms with E-state index in [1.54, 1.807) is 0 Å². The van der Waals surface area contributed by atoms with Gasteiger partial charge in [-0.15, -0.1) is 0 Å². The molecule has 3 aliphatic rings. The molecule has 1 N–H and O–H groups in total. The number of hydrogen-bond acceptors (Lipinski definition) is 4. The third kappa shape index (κ3) is 3.58. The van der Waals surface area contributed by atoms with Crippen molar-refractivity contribution in [1.29, 1.82) is 0 Å². The van der Waals surface area contributed by atoms with Gasteiger partial charge in [0.05, 0.1) is 19.3 Å². The standard InChI is InChI=1S/C18H24F2N2O3/c1-11-2-3-14(25-11)7-22-8-15-13(10-24-16(15)9-22)6-21-17(23)12-4-18(19,20)5-12/h2-3,12-13,15-16H,4-10H2,1H3,(H,21,23)/t13-,15+,16+/m0/s1. The Morgan fingerprint density at radius 3 is 2.84 bits per heavy atom. The van der Waals surface area contributed by atoms with Crippen molar-refractivity contribution in [1.82, 2.24) is 10.2 Å². The second-order valence-electron chi connectivity index (χ2n) is 7.71. The van der Waals surface area contributed by atoms with Crippen molar-refractivity contribution in [3.63, 3.8) is 0 Å². The summed E-state index contributed by atoms with van der Waals surface area (Å²) >= 11 is 0. The van der Waals surface area contributed by atoms with Crippen LogP contribution in [0.5, 0.6) is 0 Å². The van der Waals surface area contributed by atoms with Gasteiger partial charge in [0.1, 0.15) is 11.5 Å². The number of aryl methyl sites for hydroxylation is 1. The summed E-state index contributed by atoms with van der Waals surface area (Å²) in [6.45, 7) is 5.61. The number of ether oxygens (including phenoxy) is 1. The number of fused-ring (bicyclic) bond motifs is 1. The fourth-order valence-electron chi connectivity index (χ4n) is 4.23. The Hall–Kier alpha value is -1.47. The molecule has 1 saturated carbocycles. The number of carbonyl (C=O) groups is 1. The zero-order valence-corrected chi connectivity index (χ0v) is 14.3. The molecule has 3 heterocycles.